The summed E-state index contributed by atoms with van der Waals surface area (Å²) in [6, 6.07) is 17.6. The molecule has 5 rings (SSSR count). The molecule has 1 fully saturated rings. The van der Waals surface area contributed by atoms with Crippen LogP contribution in [0.3, 0.4) is 0 Å². The summed E-state index contributed by atoms with van der Waals surface area (Å²) in [7, 11) is -3.35. The van der Waals surface area contributed by atoms with Crippen LogP contribution in [0.25, 0.3) is 0 Å². The topological polar surface area (TPSA) is 130 Å². The van der Waals surface area contributed by atoms with Gasteiger partial charge >= 0.3 is 0 Å². The number of carbonyl (C=O) groups is 2. The number of halogens is 2. The molecule has 0 spiro atoms. The van der Waals surface area contributed by atoms with Gasteiger partial charge < -0.3 is 16.0 Å². The van der Waals surface area contributed by atoms with Crippen molar-refractivity contribution in [2.45, 2.75) is 42.2 Å². The molecule has 3 N–H and O–H groups in total. The molecule has 0 unspecified atom stereocenters. The molecule has 0 saturated heterocycles. The van der Waals surface area contributed by atoms with Gasteiger partial charge in [-0.3, -0.25) is 9.59 Å². The van der Waals surface area contributed by atoms with E-state index < -0.39 is 15.7 Å². The molecular weight excluding hydrogens is 597 g/mol. The van der Waals surface area contributed by atoms with Crippen molar-refractivity contribution in [3.8, 4) is 0 Å². The minimum Gasteiger partial charge on any atom is -0.324 e. The predicted molar refractivity (Wildman–Crippen MR) is 165 cm³/mol. The lowest BCUT2D eigenvalue weighted by Crippen LogP contribution is -2.24. The summed E-state index contributed by atoms with van der Waals surface area (Å²) in [5, 5.41) is 8.76. The Kier molecular flexibility index (Phi) is 9.06. The highest BCUT2D eigenvalue weighted by Crippen LogP contribution is 2.29. The second-order valence-corrected chi connectivity index (χ2v) is 12.9. The number of sulfone groups is 1. The van der Waals surface area contributed by atoms with Gasteiger partial charge in [-0.25, -0.2) is 18.4 Å². The third-order valence-corrected chi connectivity index (χ3v) is 9.74. The van der Waals surface area contributed by atoms with Gasteiger partial charge in [0.05, 0.1) is 38.8 Å². The van der Waals surface area contributed by atoms with Gasteiger partial charge in [0, 0.05) is 22.0 Å². The molecule has 1 aromatic heterocycles. The van der Waals surface area contributed by atoms with Crippen LogP contribution in [0, 0.1) is 0 Å². The largest absolute Gasteiger partial charge is 0.324 e. The Bertz CT molecular complexity index is 1710. The first kappa shape index (κ1) is 29.5. The van der Waals surface area contributed by atoms with Crippen LogP contribution in [0.2, 0.25) is 10.0 Å². The Hall–Kier alpha value is -3.99. The van der Waals surface area contributed by atoms with Gasteiger partial charge in [0.15, 0.2) is 9.84 Å². The third kappa shape index (κ3) is 7.07. The average molecular weight is 625 g/mol. The van der Waals surface area contributed by atoms with Crippen LogP contribution in [-0.4, -0.2) is 35.5 Å². The number of carbonyl (C=O) groups excluding carboxylic acids is 2. The van der Waals surface area contributed by atoms with Crippen LogP contribution in [0.4, 0.5) is 23.0 Å². The fourth-order valence-corrected chi connectivity index (χ4v) is 6.94. The summed E-state index contributed by atoms with van der Waals surface area (Å²) in [5.74, 6) is -0.638. The molecule has 4 aromatic rings. The van der Waals surface area contributed by atoms with Gasteiger partial charge in [-0.05, 0) is 73.5 Å². The van der Waals surface area contributed by atoms with Crippen LogP contribution in [0.5, 0.6) is 0 Å². The highest BCUT2D eigenvalue weighted by Gasteiger charge is 2.28. The molecule has 0 aliphatic heterocycles. The monoisotopic (exact) mass is 623 g/mol. The Balaban J connectivity index is 1.20. The van der Waals surface area contributed by atoms with Gasteiger partial charge in [-0.15, -0.1) is 0 Å². The van der Waals surface area contributed by atoms with E-state index in [0.29, 0.717) is 45.4 Å². The molecule has 1 saturated carbocycles. The third-order valence-electron chi connectivity index (χ3n) is 6.90. The molecule has 216 valence electrons. The molecule has 42 heavy (non-hydrogen) atoms. The number of amides is 2. The average Bonchev–Trinajstić information content (AvgIpc) is 3.00. The minimum atomic E-state index is -3.35. The quantitative estimate of drug-likeness (QED) is 0.190. The summed E-state index contributed by atoms with van der Waals surface area (Å²) in [5.41, 5.74) is 1.84. The summed E-state index contributed by atoms with van der Waals surface area (Å²) in [6.45, 7) is 0. The maximum atomic E-state index is 12.9. The molecule has 1 aliphatic carbocycles. The zero-order valence-corrected chi connectivity index (χ0v) is 24.6. The molecule has 12 heteroatoms. The van der Waals surface area contributed by atoms with E-state index in [4.69, 9.17) is 23.2 Å². The van der Waals surface area contributed by atoms with Crippen molar-refractivity contribution in [3.63, 3.8) is 0 Å². The Morgan fingerprint density at radius 1 is 0.762 bits per heavy atom. The van der Waals surface area contributed by atoms with E-state index in [2.05, 4.69) is 25.9 Å². The zero-order valence-electron chi connectivity index (χ0n) is 22.3. The molecule has 1 heterocycles. The molecular formula is C30H27Cl2N5O4S. The molecule has 3 aromatic carbocycles. The fraction of sp³-hybridized carbons (Fsp3) is 0.200. The lowest BCUT2D eigenvalue weighted by atomic mass is 10.0. The Labute approximate surface area is 253 Å². The Morgan fingerprint density at radius 3 is 2.12 bits per heavy atom. The van der Waals surface area contributed by atoms with E-state index in [0.717, 1.165) is 19.3 Å². The first-order valence-electron chi connectivity index (χ1n) is 13.3. The number of nitrogens with one attached hydrogen (secondary N) is 3. The van der Waals surface area contributed by atoms with Gasteiger partial charge in [0.25, 0.3) is 11.8 Å². The van der Waals surface area contributed by atoms with Crippen molar-refractivity contribution in [2.75, 3.05) is 16.0 Å². The zero-order chi connectivity index (χ0) is 29.7. The molecule has 0 bridgehead atoms. The first-order chi connectivity index (χ1) is 20.2. The van der Waals surface area contributed by atoms with Crippen molar-refractivity contribution < 1.29 is 18.0 Å². The summed E-state index contributed by atoms with van der Waals surface area (Å²) < 4.78 is 25.9. The number of anilines is 4. The van der Waals surface area contributed by atoms with E-state index in [1.807, 2.05) is 0 Å². The lowest BCUT2D eigenvalue weighted by molar-refractivity contribution is 0.101. The summed E-state index contributed by atoms with van der Waals surface area (Å²) >= 11 is 12.2. The van der Waals surface area contributed by atoms with Crippen molar-refractivity contribution >= 4 is 67.9 Å². The van der Waals surface area contributed by atoms with E-state index >= 15 is 0 Å². The molecule has 2 amide bonds. The van der Waals surface area contributed by atoms with Crippen molar-refractivity contribution in [2.24, 2.45) is 0 Å². The molecule has 0 radical (unpaired) electrons. The van der Waals surface area contributed by atoms with Gasteiger partial charge in [0.1, 0.15) is 0 Å². The fourth-order valence-electron chi connectivity index (χ4n) is 4.69. The van der Waals surface area contributed by atoms with Crippen molar-refractivity contribution in [1.82, 2.24) is 9.97 Å². The number of hydrogen-bond acceptors (Lipinski definition) is 7. The SMILES string of the molecule is O=C(Nc1ccc(Cl)c(C(=O)Nc2cnc(Nc3ccc(S(=O)(=O)C4CCCCC4)cc3)nc2)c1)c1cccc(Cl)c1. The van der Waals surface area contributed by atoms with Crippen LogP contribution in [-0.2, 0) is 9.84 Å². The van der Waals surface area contributed by atoms with Crippen LogP contribution in [0.1, 0.15) is 52.8 Å². The second-order valence-electron chi connectivity index (χ2n) is 9.86. The lowest BCUT2D eigenvalue weighted by Gasteiger charge is -2.21. The Morgan fingerprint density at radius 2 is 1.43 bits per heavy atom. The molecule has 9 nitrogen and oxygen atoms in total. The number of benzene rings is 3. The predicted octanol–water partition coefficient (Wildman–Crippen LogP) is 7.14. The number of aromatic nitrogens is 2. The van der Waals surface area contributed by atoms with Crippen LogP contribution < -0.4 is 16.0 Å². The highest BCUT2D eigenvalue weighted by molar-refractivity contribution is 7.92. The highest BCUT2D eigenvalue weighted by atomic mass is 35.5. The van der Waals surface area contributed by atoms with Crippen molar-refractivity contribution in [1.29, 1.82) is 0 Å². The summed E-state index contributed by atoms with van der Waals surface area (Å²) in [4.78, 5) is 34.3. The normalized spacial score (nSPS) is 13.8. The first-order valence-corrected chi connectivity index (χ1v) is 15.6. The van der Waals surface area contributed by atoms with E-state index in [9.17, 15) is 18.0 Å². The second kappa shape index (κ2) is 12.9. The van der Waals surface area contributed by atoms with E-state index in [-0.39, 0.29) is 27.7 Å². The van der Waals surface area contributed by atoms with Crippen LogP contribution in [0.15, 0.2) is 84.0 Å². The maximum absolute atomic E-state index is 12.9. The molecule has 1 aliphatic rings. The smallest absolute Gasteiger partial charge is 0.257 e. The maximum Gasteiger partial charge on any atom is 0.257 e. The van der Waals surface area contributed by atoms with Gasteiger partial charge in [-0.1, -0.05) is 48.5 Å². The van der Waals surface area contributed by atoms with E-state index in [1.54, 1.807) is 48.5 Å². The summed E-state index contributed by atoms with van der Waals surface area (Å²) in [6.07, 6.45) is 7.24. The van der Waals surface area contributed by atoms with Gasteiger partial charge in [0.2, 0.25) is 5.95 Å². The van der Waals surface area contributed by atoms with Gasteiger partial charge in [-0.2, -0.15) is 0 Å². The number of hydrogen-bond donors (Lipinski definition) is 3. The number of rotatable bonds is 8. The van der Waals surface area contributed by atoms with Crippen LogP contribution >= 0.6 is 23.2 Å². The minimum absolute atomic E-state index is 0.144. The van der Waals surface area contributed by atoms with E-state index in [1.165, 1.54) is 30.6 Å². The number of nitrogens with zero attached hydrogens (tertiary/aromatic N) is 2. The van der Waals surface area contributed by atoms with Crippen molar-refractivity contribution in [3.05, 3.63) is 100 Å². The standard InChI is InChI=1S/C30H27Cl2N5O4S/c31-20-6-4-5-19(15-20)28(38)35-22-11-14-27(32)26(16-22)29(39)36-23-17-33-30(34-18-23)37-21-9-12-25(13-10-21)42(40,41)24-7-2-1-3-8-24/h4-6,9-18,24H,1-3,7-8H2,(H,35,38)(H,36,39)(H,33,34,37). The molecule has 0 atom stereocenters.